The molecule has 0 bridgehead atoms. The van der Waals surface area contributed by atoms with Crippen molar-refractivity contribution in [2.24, 2.45) is 11.8 Å². The molecule has 290 valence electrons. The summed E-state index contributed by atoms with van der Waals surface area (Å²) in [6, 6.07) is 25.6. The van der Waals surface area contributed by atoms with Crippen molar-refractivity contribution in [2.75, 3.05) is 34.0 Å². The highest BCUT2D eigenvalue weighted by Crippen LogP contribution is 2.42. The number of aliphatic hydroxyl groups excluding tert-OH is 1. The van der Waals surface area contributed by atoms with Gasteiger partial charge in [-0.3, -0.25) is 9.59 Å². The minimum atomic E-state index is -0.965. The predicted molar refractivity (Wildman–Crippen MR) is 204 cm³/mol. The smallest absolute Gasteiger partial charge is 0.302 e. The minimum absolute atomic E-state index is 0.0736. The maximum atomic E-state index is 11.9. The van der Waals surface area contributed by atoms with Crippen LogP contribution in [-0.4, -0.2) is 75.6 Å². The first-order chi connectivity index (χ1) is 25.6. The molecule has 1 fully saturated rings. The van der Waals surface area contributed by atoms with Gasteiger partial charge in [-0.25, -0.2) is 0 Å². The lowest BCUT2D eigenvalue weighted by molar-refractivity contribution is -0.244. The highest BCUT2D eigenvalue weighted by atomic mass is 16.7. The van der Waals surface area contributed by atoms with E-state index in [4.69, 9.17) is 28.4 Å². The van der Waals surface area contributed by atoms with Gasteiger partial charge in [-0.15, -0.1) is 0 Å². The number of benzene rings is 3. The molecule has 0 radical (unpaired) electrons. The Morgan fingerprint density at radius 1 is 0.774 bits per heavy atom. The summed E-state index contributed by atoms with van der Waals surface area (Å²) < 4.78 is 35.3. The van der Waals surface area contributed by atoms with Gasteiger partial charge >= 0.3 is 5.97 Å². The summed E-state index contributed by atoms with van der Waals surface area (Å²) in [7, 11) is 3.30. The van der Waals surface area contributed by atoms with Crippen LogP contribution in [-0.2, 0) is 34.1 Å². The van der Waals surface area contributed by atoms with Gasteiger partial charge in [0.15, 0.2) is 6.29 Å². The number of unbranched alkanes of at least 4 members (excludes halogenated alkanes) is 5. The Hall–Kier alpha value is -3.96. The second-order valence-electron chi connectivity index (χ2n) is 14.0. The molecule has 53 heavy (non-hydrogen) atoms. The standard InChI is InChI=1S/C43H59NO9/c1-30-31(2)41(44-32(3)45)42(53-40(30)29-51-33(4)46)50-27-15-10-8-7-9-14-18-37(47)28-52-43(34-16-12-11-13-17-34,35-19-23-38(48-5)24-20-35)36-21-25-39(49-6)26-22-36/h11-13,16-17,19-26,30-31,37,40-42,47H,7-10,14-15,18,27-29H2,1-6H3,(H,44,45). The molecule has 10 heteroatoms. The molecule has 1 heterocycles. The Kier molecular flexibility index (Phi) is 16.6. The number of carbonyl (C=O) groups is 2. The Morgan fingerprint density at radius 3 is 1.87 bits per heavy atom. The summed E-state index contributed by atoms with van der Waals surface area (Å²) in [5.74, 6) is 1.18. The van der Waals surface area contributed by atoms with Gasteiger partial charge in [0, 0.05) is 20.5 Å². The first kappa shape index (κ1) is 41.8. The van der Waals surface area contributed by atoms with Gasteiger partial charge in [0.25, 0.3) is 0 Å². The van der Waals surface area contributed by atoms with Crippen LogP contribution in [0.2, 0.25) is 0 Å². The highest BCUT2D eigenvalue weighted by Gasteiger charge is 2.43. The van der Waals surface area contributed by atoms with E-state index in [0.29, 0.717) is 13.0 Å². The number of carbonyl (C=O) groups excluding carboxylic acids is 2. The van der Waals surface area contributed by atoms with Crippen molar-refractivity contribution in [3.05, 3.63) is 95.6 Å². The number of ether oxygens (including phenoxy) is 6. The second kappa shape index (κ2) is 21.1. The van der Waals surface area contributed by atoms with E-state index >= 15 is 0 Å². The van der Waals surface area contributed by atoms with Crippen LogP contribution >= 0.6 is 0 Å². The van der Waals surface area contributed by atoms with Crippen LogP contribution in [0.25, 0.3) is 0 Å². The first-order valence-electron chi connectivity index (χ1n) is 18.9. The second-order valence-corrected chi connectivity index (χ2v) is 14.0. The summed E-state index contributed by atoms with van der Waals surface area (Å²) in [6.45, 7) is 7.81. The molecule has 4 rings (SSSR count). The number of rotatable bonds is 21. The van der Waals surface area contributed by atoms with Gasteiger partial charge in [0.1, 0.15) is 23.7 Å². The molecular weight excluding hydrogens is 674 g/mol. The summed E-state index contributed by atoms with van der Waals surface area (Å²) in [6.07, 6.45) is 4.93. The first-order valence-corrected chi connectivity index (χ1v) is 18.9. The van der Waals surface area contributed by atoms with Crippen LogP contribution < -0.4 is 14.8 Å². The predicted octanol–water partition coefficient (Wildman–Crippen LogP) is 7.19. The zero-order valence-corrected chi connectivity index (χ0v) is 32.3. The molecule has 1 aliphatic rings. The van der Waals surface area contributed by atoms with Crippen LogP contribution in [0.5, 0.6) is 11.5 Å². The third-order valence-corrected chi connectivity index (χ3v) is 10.3. The number of aliphatic hydroxyl groups is 1. The normalized spacial score (nSPS) is 20.7. The molecule has 1 amide bonds. The SMILES string of the molecule is COc1ccc(C(OCC(O)CCCCCCCCOC2OC(COC(C)=O)C(C)C(C)C2NC(C)=O)(c2ccccc2)c2ccc(OC)cc2)cc1. The lowest BCUT2D eigenvalue weighted by Gasteiger charge is -2.44. The molecule has 0 aromatic heterocycles. The molecule has 0 saturated carbocycles. The van der Waals surface area contributed by atoms with Crippen LogP contribution in [0.3, 0.4) is 0 Å². The van der Waals surface area contributed by atoms with E-state index < -0.39 is 18.0 Å². The van der Waals surface area contributed by atoms with Crippen LogP contribution in [0.1, 0.15) is 89.3 Å². The summed E-state index contributed by atoms with van der Waals surface area (Å²) in [5.41, 5.74) is 1.85. The van der Waals surface area contributed by atoms with Crippen molar-refractivity contribution >= 4 is 11.9 Å². The fraction of sp³-hybridized carbons (Fsp3) is 0.535. The van der Waals surface area contributed by atoms with Crippen LogP contribution in [0.15, 0.2) is 78.9 Å². The molecule has 6 unspecified atom stereocenters. The van der Waals surface area contributed by atoms with Gasteiger partial charge in [-0.1, -0.05) is 101 Å². The topological polar surface area (TPSA) is 122 Å². The molecule has 0 spiro atoms. The van der Waals surface area contributed by atoms with E-state index in [9.17, 15) is 14.7 Å². The van der Waals surface area contributed by atoms with Crippen molar-refractivity contribution in [3.8, 4) is 11.5 Å². The Bertz CT molecular complexity index is 1470. The van der Waals surface area contributed by atoms with Crippen molar-refractivity contribution < 1.29 is 43.1 Å². The lowest BCUT2D eigenvalue weighted by Crippen LogP contribution is -2.58. The van der Waals surface area contributed by atoms with Crippen molar-refractivity contribution in [1.82, 2.24) is 5.32 Å². The number of methoxy groups -OCH3 is 2. The molecule has 10 nitrogen and oxygen atoms in total. The summed E-state index contributed by atoms with van der Waals surface area (Å²) in [4.78, 5) is 23.3. The Balaban J connectivity index is 1.26. The minimum Gasteiger partial charge on any atom is -0.497 e. The Labute approximate surface area is 315 Å². The third-order valence-electron chi connectivity index (χ3n) is 10.3. The van der Waals surface area contributed by atoms with Gasteiger partial charge in [-0.2, -0.15) is 0 Å². The van der Waals surface area contributed by atoms with Crippen LogP contribution in [0.4, 0.5) is 0 Å². The lowest BCUT2D eigenvalue weighted by atomic mass is 9.80. The molecule has 3 aromatic rings. The molecule has 3 aromatic carbocycles. The number of hydrogen-bond acceptors (Lipinski definition) is 9. The van der Waals surface area contributed by atoms with Gasteiger partial charge in [-0.05, 0) is 65.6 Å². The average molecular weight is 734 g/mol. The number of amides is 1. The average Bonchev–Trinajstić information content (AvgIpc) is 3.17. The maximum Gasteiger partial charge on any atom is 0.302 e. The zero-order valence-electron chi connectivity index (χ0n) is 32.3. The number of nitrogens with one attached hydrogen (secondary N) is 1. The van der Waals surface area contributed by atoms with Gasteiger partial charge in [0.2, 0.25) is 5.91 Å². The van der Waals surface area contributed by atoms with Crippen molar-refractivity contribution in [2.45, 2.75) is 103 Å². The zero-order chi connectivity index (χ0) is 38.2. The Morgan fingerprint density at radius 2 is 1.32 bits per heavy atom. The fourth-order valence-corrected chi connectivity index (χ4v) is 7.03. The quantitative estimate of drug-likeness (QED) is 0.0666. The van der Waals surface area contributed by atoms with E-state index in [1.165, 1.54) is 13.8 Å². The number of hydrogen-bond donors (Lipinski definition) is 2. The molecule has 0 aliphatic carbocycles. The largest absolute Gasteiger partial charge is 0.497 e. The molecule has 6 atom stereocenters. The summed E-state index contributed by atoms with van der Waals surface area (Å²) in [5, 5.41) is 14.2. The van der Waals surface area contributed by atoms with Gasteiger partial charge < -0.3 is 38.8 Å². The molecule has 1 saturated heterocycles. The van der Waals surface area contributed by atoms with Crippen molar-refractivity contribution in [3.63, 3.8) is 0 Å². The fourth-order valence-electron chi connectivity index (χ4n) is 7.03. The van der Waals surface area contributed by atoms with Crippen molar-refractivity contribution in [1.29, 1.82) is 0 Å². The van der Waals surface area contributed by atoms with E-state index in [2.05, 4.69) is 24.4 Å². The maximum absolute atomic E-state index is 11.9. The van der Waals surface area contributed by atoms with Crippen LogP contribution in [0, 0.1) is 11.8 Å². The number of esters is 1. The van der Waals surface area contributed by atoms with E-state index in [1.807, 2.05) is 73.7 Å². The molecule has 1 aliphatic heterocycles. The molecular formula is C43H59NO9. The van der Waals surface area contributed by atoms with Gasteiger partial charge in [0.05, 0.1) is 39.1 Å². The molecule has 2 N–H and O–H groups in total. The van der Waals surface area contributed by atoms with E-state index in [-0.39, 0.29) is 49.1 Å². The van der Waals surface area contributed by atoms with E-state index in [0.717, 1.165) is 66.7 Å². The third kappa shape index (κ3) is 11.8. The summed E-state index contributed by atoms with van der Waals surface area (Å²) >= 11 is 0. The van der Waals surface area contributed by atoms with E-state index in [1.54, 1.807) is 14.2 Å². The highest BCUT2D eigenvalue weighted by molar-refractivity contribution is 5.73. The monoisotopic (exact) mass is 733 g/mol.